The monoisotopic (exact) mass is 606 g/mol. The van der Waals surface area contributed by atoms with Crippen LogP contribution in [0.5, 0.6) is 0 Å². The van der Waals surface area contributed by atoms with Gasteiger partial charge in [-0.3, -0.25) is 0 Å². The van der Waals surface area contributed by atoms with Gasteiger partial charge < -0.3 is 5.73 Å². The molecule has 3 N–H and O–H groups in total. The zero-order valence-corrected chi connectivity index (χ0v) is 23.2. The molecular weight excluding hydrogens is 582 g/mol. The lowest BCUT2D eigenvalue weighted by Gasteiger charge is -2.22. The molecule has 3 atom stereocenters. The summed E-state index contributed by atoms with van der Waals surface area (Å²) in [5, 5.41) is 1.39. The third-order valence-electron chi connectivity index (χ3n) is 3.72. The van der Waals surface area contributed by atoms with E-state index in [0.29, 0.717) is 5.02 Å². The lowest BCUT2D eigenvalue weighted by atomic mass is 10.1. The molecule has 0 unspecified atom stereocenters. The van der Waals surface area contributed by atoms with Crippen LogP contribution >= 0.6 is 67.5 Å². The van der Waals surface area contributed by atoms with Gasteiger partial charge in [-0.05, 0) is 70.0 Å². The highest BCUT2D eigenvalue weighted by Gasteiger charge is 2.22. The molecule has 0 spiro atoms. The van der Waals surface area contributed by atoms with Gasteiger partial charge in [0.25, 0.3) is 0 Å². The molecule has 0 aliphatic rings. The van der Waals surface area contributed by atoms with Crippen LogP contribution in [-0.4, -0.2) is 8.96 Å². The van der Waals surface area contributed by atoms with Crippen molar-refractivity contribution in [2.24, 2.45) is 5.73 Å². The van der Waals surface area contributed by atoms with Crippen molar-refractivity contribution in [1.82, 2.24) is 4.72 Å². The van der Waals surface area contributed by atoms with Gasteiger partial charge in [-0.25, -0.2) is 8.93 Å². The molecule has 164 valence electrons. The van der Waals surface area contributed by atoms with Crippen LogP contribution in [0.4, 0.5) is 0 Å². The summed E-state index contributed by atoms with van der Waals surface area (Å²) in [6, 6.07) is 11.4. The number of benzene rings is 2. The predicted molar refractivity (Wildman–Crippen MR) is 138 cm³/mol. The smallest absolute Gasteiger partial charge is 0.0975 e. The van der Waals surface area contributed by atoms with Crippen molar-refractivity contribution in [2.75, 3.05) is 0 Å². The third-order valence-corrected chi connectivity index (χ3v) is 7.04. The zero-order chi connectivity index (χ0) is 21.6. The second kappa shape index (κ2) is 13.0. The van der Waals surface area contributed by atoms with Crippen LogP contribution in [0, 0.1) is 0 Å². The van der Waals surface area contributed by atoms with E-state index in [1.165, 1.54) is 0 Å². The van der Waals surface area contributed by atoms with E-state index in [0.717, 1.165) is 25.1 Å². The van der Waals surface area contributed by atoms with E-state index in [4.69, 9.17) is 28.9 Å². The normalized spacial score (nSPS) is 14.1. The minimum Gasteiger partial charge on any atom is -0.324 e. The number of hydrogen-bond acceptors (Lipinski definition) is 2. The van der Waals surface area contributed by atoms with Gasteiger partial charge in [0.2, 0.25) is 0 Å². The first-order valence-corrected chi connectivity index (χ1v) is 12.2. The molecule has 2 rings (SSSR count). The number of rotatable bonds is 4. The lowest BCUT2D eigenvalue weighted by molar-refractivity contribution is 0.616. The molecule has 2 aromatic rings. The molecule has 0 saturated carbocycles. The summed E-state index contributed by atoms with van der Waals surface area (Å²) in [6.07, 6.45) is 0. The van der Waals surface area contributed by atoms with Crippen molar-refractivity contribution >= 4 is 78.5 Å². The fourth-order valence-corrected chi connectivity index (χ4v) is 4.61. The quantitative estimate of drug-likeness (QED) is 0.372. The van der Waals surface area contributed by atoms with Gasteiger partial charge in [0.1, 0.15) is 0 Å². The van der Waals surface area contributed by atoms with E-state index in [1.54, 1.807) is 0 Å². The van der Waals surface area contributed by atoms with Crippen LogP contribution < -0.4 is 10.5 Å². The molecule has 0 amide bonds. The highest BCUT2D eigenvalue weighted by molar-refractivity contribution is 9.10. The van der Waals surface area contributed by atoms with Crippen molar-refractivity contribution in [1.29, 1.82) is 0 Å². The highest BCUT2D eigenvalue weighted by atomic mass is 79.9. The summed E-state index contributed by atoms with van der Waals surface area (Å²) in [5.74, 6) is 0. The van der Waals surface area contributed by atoms with Gasteiger partial charge in [0.05, 0.1) is 15.7 Å². The predicted octanol–water partition coefficient (Wildman–Crippen LogP) is 7.76. The summed E-state index contributed by atoms with van der Waals surface area (Å²) in [4.78, 5) is 0. The van der Waals surface area contributed by atoms with E-state index in [2.05, 4.69) is 36.6 Å². The summed E-state index contributed by atoms with van der Waals surface area (Å²) in [7, 11) is -1.10. The Labute approximate surface area is 209 Å². The maximum atomic E-state index is 12.0. The molecule has 0 fully saturated rings. The first-order chi connectivity index (χ1) is 12.8. The topological polar surface area (TPSA) is 55.1 Å². The number of nitrogens with two attached hydrogens (primary N) is 1. The van der Waals surface area contributed by atoms with Crippen molar-refractivity contribution in [3.05, 3.63) is 66.5 Å². The minimum absolute atomic E-state index is 0. The van der Waals surface area contributed by atoms with Crippen molar-refractivity contribution in [2.45, 2.75) is 51.4 Å². The Kier molecular flexibility index (Phi) is 13.2. The Bertz CT molecular complexity index is 830. The van der Waals surface area contributed by atoms with E-state index in [-0.39, 0.29) is 29.2 Å². The summed E-state index contributed by atoms with van der Waals surface area (Å²) in [5.41, 5.74) is 7.60. The SMILES string of the molecule is C[C@@H](N)c1ccc(Br)cc1Cl.C[C@@H](N[S@@](=O)C(C)(C)C)c1ccc(Br)cc1Cl.Cl. The second-order valence-electron chi connectivity index (χ2n) is 7.34. The van der Waals surface area contributed by atoms with Crippen LogP contribution in [0.3, 0.4) is 0 Å². The Morgan fingerprint density at radius 2 is 1.38 bits per heavy atom. The van der Waals surface area contributed by atoms with E-state index in [9.17, 15) is 4.21 Å². The largest absolute Gasteiger partial charge is 0.324 e. The summed E-state index contributed by atoms with van der Waals surface area (Å²) in [6.45, 7) is 9.68. The zero-order valence-electron chi connectivity index (χ0n) is 16.9. The molecule has 0 saturated heterocycles. The first-order valence-electron chi connectivity index (χ1n) is 8.66. The average Bonchev–Trinajstić information content (AvgIpc) is 2.53. The van der Waals surface area contributed by atoms with Crippen LogP contribution in [0.15, 0.2) is 45.3 Å². The maximum absolute atomic E-state index is 12.0. The van der Waals surface area contributed by atoms with Gasteiger partial charge in [-0.1, -0.05) is 67.2 Å². The van der Waals surface area contributed by atoms with E-state index >= 15 is 0 Å². The molecule has 2 aromatic carbocycles. The Hall–Kier alpha value is 0.340. The van der Waals surface area contributed by atoms with Crippen LogP contribution in [0.25, 0.3) is 0 Å². The average molecular weight is 610 g/mol. The molecule has 3 nitrogen and oxygen atoms in total. The number of hydrogen-bond donors (Lipinski definition) is 2. The van der Waals surface area contributed by atoms with E-state index in [1.807, 2.05) is 71.0 Å². The number of halogens is 5. The Balaban J connectivity index is 0.000000568. The number of nitrogens with one attached hydrogen (secondary N) is 1. The van der Waals surface area contributed by atoms with Gasteiger partial charge >= 0.3 is 0 Å². The maximum Gasteiger partial charge on any atom is 0.0975 e. The van der Waals surface area contributed by atoms with Crippen molar-refractivity contribution in [3.8, 4) is 0 Å². The first kappa shape index (κ1) is 29.3. The van der Waals surface area contributed by atoms with Gasteiger partial charge in [-0.2, -0.15) is 0 Å². The minimum atomic E-state index is -1.10. The van der Waals surface area contributed by atoms with Gasteiger partial charge in [0.15, 0.2) is 0 Å². The summed E-state index contributed by atoms with van der Waals surface area (Å²) < 4.78 is 16.7. The van der Waals surface area contributed by atoms with Crippen LogP contribution in [-0.2, 0) is 11.0 Å². The molecule has 29 heavy (non-hydrogen) atoms. The Morgan fingerprint density at radius 3 is 1.72 bits per heavy atom. The molecule has 0 aromatic heterocycles. The standard InChI is InChI=1S/C12H17BrClNOS.C8H9BrClN.ClH/c1-8(15-17(16)12(2,3)4)10-6-5-9(13)7-11(10)14;1-5(11)7-3-2-6(9)4-8(7)10;/h5-8,15H,1-4H3;2-5H,11H2,1H3;1H/t8-,17+;5-;/m11./s1. The van der Waals surface area contributed by atoms with Crippen LogP contribution in [0.2, 0.25) is 10.0 Å². The van der Waals surface area contributed by atoms with Crippen molar-refractivity contribution < 1.29 is 4.21 Å². The fraction of sp³-hybridized carbons (Fsp3) is 0.400. The highest BCUT2D eigenvalue weighted by Crippen LogP contribution is 2.27. The summed E-state index contributed by atoms with van der Waals surface area (Å²) >= 11 is 18.8. The third kappa shape index (κ3) is 10.0. The van der Waals surface area contributed by atoms with Crippen LogP contribution in [0.1, 0.15) is 57.8 Å². The molecule has 0 radical (unpaired) electrons. The van der Waals surface area contributed by atoms with Gasteiger partial charge in [0, 0.05) is 31.1 Å². The molecular formula is C20H27Br2Cl3N2OS. The molecule has 0 heterocycles. The molecule has 9 heteroatoms. The molecule has 0 bridgehead atoms. The molecule has 0 aliphatic carbocycles. The fourth-order valence-electron chi connectivity index (χ4n) is 2.12. The molecule has 0 aliphatic heterocycles. The van der Waals surface area contributed by atoms with Gasteiger partial charge in [-0.15, -0.1) is 12.4 Å². The van der Waals surface area contributed by atoms with E-state index < -0.39 is 11.0 Å². The van der Waals surface area contributed by atoms with Crippen molar-refractivity contribution in [3.63, 3.8) is 0 Å². The second-order valence-corrected chi connectivity index (χ2v) is 12.0. The Morgan fingerprint density at radius 1 is 0.966 bits per heavy atom. The lowest BCUT2D eigenvalue weighted by Crippen LogP contribution is -2.34.